The third-order valence-electron chi connectivity index (χ3n) is 3.24. The van der Waals surface area contributed by atoms with Crippen LogP contribution in [0.5, 0.6) is 0 Å². The van der Waals surface area contributed by atoms with Crippen molar-refractivity contribution >= 4 is 11.7 Å². The molecule has 19 heavy (non-hydrogen) atoms. The first-order valence-electron chi connectivity index (χ1n) is 5.81. The summed E-state index contributed by atoms with van der Waals surface area (Å²) >= 11 is 0. The van der Waals surface area contributed by atoms with Crippen LogP contribution in [0.3, 0.4) is 0 Å². The van der Waals surface area contributed by atoms with Gasteiger partial charge in [0.2, 0.25) is 0 Å². The Labute approximate surface area is 107 Å². The molecule has 2 aliphatic carbocycles. The van der Waals surface area contributed by atoms with Gasteiger partial charge in [0.05, 0.1) is 17.6 Å². The number of hydrogen-bond acceptors (Lipinski definition) is 2. The molecule has 2 N–H and O–H groups in total. The fourth-order valence-electron chi connectivity index (χ4n) is 2.26. The van der Waals surface area contributed by atoms with Gasteiger partial charge in [0.15, 0.2) is 0 Å². The normalized spacial score (nSPS) is 11.6. The zero-order valence-corrected chi connectivity index (χ0v) is 9.70. The first-order valence-corrected chi connectivity index (χ1v) is 5.81. The van der Waals surface area contributed by atoms with Gasteiger partial charge in [-0.25, -0.2) is 9.37 Å². The van der Waals surface area contributed by atoms with Gasteiger partial charge in [0, 0.05) is 11.1 Å². The predicted molar refractivity (Wildman–Crippen MR) is 68.6 cm³/mol. The zero-order valence-electron chi connectivity index (χ0n) is 9.70. The van der Waals surface area contributed by atoms with Gasteiger partial charge >= 0.3 is 0 Å². The molecule has 0 atom stereocenters. The summed E-state index contributed by atoms with van der Waals surface area (Å²) in [5.41, 5.74) is 4.79. The van der Waals surface area contributed by atoms with Gasteiger partial charge in [-0.2, -0.15) is 0 Å². The van der Waals surface area contributed by atoms with Crippen LogP contribution >= 0.6 is 0 Å². The molecule has 0 unspecified atom stereocenters. The lowest BCUT2D eigenvalue weighted by Crippen LogP contribution is -2.12. The molecule has 5 heteroatoms. The third-order valence-corrected chi connectivity index (χ3v) is 3.24. The molecular weight excluding hydrogens is 245 g/mol. The Kier molecular flexibility index (Phi) is 1.84. The average Bonchev–Trinajstić information content (AvgIpc) is 2.89. The molecule has 0 spiro atoms. The van der Waals surface area contributed by atoms with Crippen molar-refractivity contribution in [2.45, 2.75) is 0 Å². The number of pyridine rings is 2. The number of nitrogens with zero attached hydrogens (tertiary/aromatic N) is 1. The monoisotopic (exact) mass is 253 g/mol. The fraction of sp³-hybridized carbons (Fsp3) is 0. The van der Waals surface area contributed by atoms with Crippen LogP contribution in [0, 0.1) is 5.82 Å². The predicted octanol–water partition coefficient (Wildman–Crippen LogP) is 2.89. The molecule has 1 aliphatic heterocycles. The standard InChI is InChI=1S/C14H8FN3O/c15-7-1-4-12(16-6-7)18-14(19)9-3-2-8-10(9)5-11-13(8)17-11/h1-6,17H,(H,16,18,19). The summed E-state index contributed by atoms with van der Waals surface area (Å²) in [4.78, 5) is 19.1. The molecule has 2 heterocycles. The van der Waals surface area contributed by atoms with Crippen LogP contribution in [0.25, 0.3) is 22.5 Å². The Bertz CT molecular complexity index is 776. The second-order valence-electron chi connectivity index (χ2n) is 4.45. The molecule has 4 nitrogen and oxygen atoms in total. The number of aromatic nitrogens is 2. The van der Waals surface area contributed by atoms with E-state index in [4.69, 9.17) is 0 Å². The van der Waals surface area contributed by atoms with Crippen LogP contribution in [0.1, 0.15) is 10.4 Å². The molecule has 0 saturated carbocycles. The van der Waals surface area contributed by atoms with Crippen LogP contribution in [0.2, 0.25) is 0 Å². The van der Waals surface area contributed by atoms with E-state index < -0.39 is 5.82 Å². The number of hydrogen-bond donors (Lipinski definition) is 2. The van der Waals surface area contributed by atoms with E-state index in [0.29, 0.717) is 11.4 Å². The molecule has 0 aromatic carbocycles. The van der Waals surface area contributed by atoms with E-state index in [1.165, 1.54) is 12.1 Å². The SMILES string of the molecule is O=C(Nc1ccc(F)cn1)c1ccc2c3[nH]c-3cc1-2. The molecule has 0 fully saturated rings. The largest absolute Gasteiger partial charge is 0.352 e. The van der Waals surface area contributed by atoms with Crippen LogP contribution < -0.4 is 5.32 Å². The van der Waals surface area contributed by atoms with Gasteiger partial charge in [0.25, 0.3) is 5.91 Å². The van der Waals surface area contributed by atoms with Crippen molar-refractivity contribution in [2.24, 2.45) is 0 Å². The average molecular weight is 253 g/mol. The molecule has 4 rings (SSSR count). The van der Waals surface area contributed by atoms with Gasteiger partial charge in [-0.3, -0.25) is 4.79 Å². The summed E-state index contributed by atoms with van der Waals surface area (Å²) in [6.07, 6.45) is 1.07. The second-order valence-corrected chi connectivity index (χ2v) is 4.45. The van der Waals surface area contributed by atoms with Crippen LogP contribution in [0.15, 0.2) is 36.5 Å². The molecule has 0 bridgehead atoms. The van der Waals surface area contributed by atoms with Crippen molar-refractivity contribution in [3.63, 3.8) is 0 Å². The molecule has 1 aromatic heterocycles. The number of amides is 1. The molecule has 1 amide bonds. The highest BCUT2D eigenvalue weighted by molar-refractivity contribution is 6.12. The highest BCUT2D eigenvalue weighted by atomic mass is 19.1. The van der Waals surface area contributed by atoms with E-state index in [9.17, 15) is 9.18 Å². The maximum atomic E-state index is 12.7. The van der Waals surface area contributed by atoms with E-state index in [1.807, 2.05) is 12.1 Å². The summed E-state index contributed by atoms with van der Waals surface area (Å²) in [5.74, 6) is -0.332. The van der Waals surface area contributed by atoms with Crippen molar-refractivity contribution in [1.29, 1.82) is 0 Å². The van der Waals surface area contributed by atoms with Crippen molar-refractivity contribution in [2.75, 3.05) is 5.32 Å². The third kappa shape index (κ3) is 1.52. The molecule has 1 aromatic rings. The Morgan fingerprint density at radius 3 is 2.89 bits per heavy atom. The molecule has 92 valence electrons. The summed E-state index contributed by atoms with van der Waals surface area (Å²) in [6.45, 7) is 0. The number of halogens is 1. The van der Waals surface area contributed by atoms with Crippen LogP contribution in [-0.2, 0) is 0 Å². The lowest BCUT2D eigenvalue weighted by atomic mass is 10.1. The van der Waals surface area contributed by atoms with Gasteiger partial charge in [-0.15, -0.1) is 0 Å². The van der Waals surface area contributed by atoms with Gasteiger partial charge in [-0.1, -0.05) is 6.07 Å². The van der Waals surface area contributed by atoms with Crippen molar-refractivity contribution in [3.05, 3.63) is 47.9 Å². The maximum absolute atomic E-state index is 12.7. The van der Waals surface area contributed by atoms with Crippen LogP contribution in [0.4, 0.5) is 10.2 Å². The molecule has 3 aliphatic rings. The Hall–Kier alpha value is -2.69. The minimum Gasteiger partial charge on any atom is -0.352 e. The van der Waals surface area contributed by atoms with E-state index in [1.54, 1.807) is 6.07 Å². The smallest absolute Gasteiger partial charge is 0.257 e. The summed E-state index contributed by atoms with van der Waals surface area (Å²) in [7, 11) is 0. The van der Waals surface area contributed by atoms with E-state index >= 15 is 0 Å². The topological polar surface area (TPSA) is 57.8 Å². The van der Waals surface area contributed by atoms with Crippen LogP contribution in [-0.4, -0.2) is 15.9 Å². The van der Waals surface area contributed by atoms with Crippen molar-refractivity contribution in [3.8, 4) is 22.5 Å². The lowest BCUT2D eigenvalue weighted by Gasteiger charge is -2.03. The van der Waals surface area contributed by atoms with Gasteiger partial charge < -0.3 is 10.3 Å². The second kappa shape index (κ2) is 3.41. The Balaban J connectivity index is 1.63. The first-order chi connectivity index (χ1) is 9.22. The van der Waals surface area contributed by atoms with Crippen molar-refractivity contribution in [1.82, 2.24) is 9.97 Å². The lowest BCUT2D eigenvalue weighted by molar-refractivity contribution is 0.102. The number of fused-ring (bicyclic) bond motifs is 3. The number of rotatable bonds is 2. The van der Waals surface area contributed by atoms with E-state index in [-0.39, 0.29) is 5.91 Å². The quantitative estimate of drug-likeness (QED) is 0.577. The Morgan fingerprint density at radius 1 is 1.21 bits per heavy atom. The number of carbonyl (C=O) groups is 1. The molecule has 0 radical (unpaired) electrons. The van der Waals surface area contributed by atoms with Crippen molar-refractivity contribution < 1.29 is 9.18 Å². The molecular formula is C14H8FN3O. The first kappa shape index (κ1) is 10.3. The number of H-pyrrole nitrogens is 1. The highest BCUT2D eigenvalue weighted by Gasteiger charge is 2.28. The summed E-state index contributed by atoms with van der Waals surface area (Å²) in [6, 6.07) is 8.35. The maximum Gasteiger partial charge on any atom is 0.257 e. The van der Waals surface area contributed by atoms with E-state index in [2.05, 4.69) is 15.3 Å². The number of aromatic amines is 1. The number of nitrogens with one attached hydrogen (secondary N) is 2. The minimum absolute atomic E-state index is 0.237. The van der Waals surface area contributed by atoms with E-state index in [0.717, 1.165) is 28.7 Å². The highest BCUT2D eigenvalue weighted by Crippen LogP contribution is 2.45. The van der Waals surface area contributed by atoms with Gasteiger partial charge in [0.1, 0.15) is 11.6 Å². The zero-order chi connectivity index (χ0) is 13.0. The van der Waals surface area contributed by atoms with Gasteiger partial charge in [-0.05, 0) is 29.8 Å². The summed E-state index contributed by atoms with van der Waals surface area (Å²) < 4.78 is 12.7. The fourth-order valence-corrected chi connectivity index (χ4v) is 2.26. The number of carbonyl (C=O) groups excluding carboxylic acids is 1. The number of anilines is 1. The molecule has 0 saturated heterocycles. The summed E-state index contributed by atoms with van der Waals surface area (Å²) in [5, 5.41) is 2.66. The minimum atomic E-state index is -0.431. The Morgan fingerprint density at radius 2 is 2.11 bits per heavy atom.